The lowest BCUT2D eigenvalue weighted by Crippen LogP contribution is -2.12. The van der Waals surface area contributed by atoms with Crippen molar-refractivity contribution in [3.8, 4) is 11.1 Å². The Morgan fingerprint density at radius 3 is 2.48 bits per heavy atom. The summed E-state index contributed by atoms with van der Waals surface area (Å²) < 4.78 is 1.86. The molecule has 1 heterocycles. The minimum absolute atomic E-state index is 0.567. The number of nitrogens with zero attached hydrogens (tertiary/aromatic N) is 3. The molecule has 3 heteroatoms. The number of rotatable bonds is 6. The maximum atomic E-state index is 4.97. The van der Waals surface area contributed by atoms with Crippen LogP contribution in [0.25, 0.3) is 22.0 Å². The Bertz CT molecular complexity index is 963. The van der Waals surface area contributed by atoms with Crippen molar-refractivity contribution in [2.45, 2.75) is 47.5 Å². The van der Waals surface area contributed by atoms with E-state index in [0.29, 0.717) is 11.8 Å². The fourth-order valence-corrected chi connectivity index (χ4v) is 3.77. The lowest BCUT2D eigenvalue weighted by molar-refractivity contribution is 0.485. The molecule has 142 valence electrons. The van der Waals surface area contributed by atoms with E-state index in [9.17, 15) is 0 Å². The Balaban J connectivity index is 1.89. The topological polar surface area (TPSA) is 30.2 Å². The number of fused-ring (bicyclic) bond motifs is 1. The third-order valence-electron chi connectivity index (χ3n) is 5.29. The van der Waals surface area contributed by atoms with Crippen molar-refractivity contribution < 1.29 is 0 Å². The third-order valence-corrected chi connectivity index (χ3v) is 5.29. The van der Waals surface area contributed by atoms with Crippen LogP contribution in [0.1, 0.15) is 46.1 Å². The molecule has 0 saturated carbocycles. The molecule has 27 heavy (non-hydrogen) atoms. The number of aryl methyl sites for hydroxylation is 2. The minimum Gasteiger partial charge on any atom is -0.275 e. The lowest BCUT2D eigenvalue weighted by Gasteiger charge is -2.17. The van der Waals surface area contributed by atoms with Gasteiger partial charge in [0.1, 0.15) is 0 Å². The van der Waals surface area contributed by atoms with E-state index in [4.69, 9.17) is 4.99 Å². The van der Waals surface area contributed by atoms with Gasteiger partial charge in [0.25, 0.3) is 0 Å². The zero-order valence-corrected chi connectivity index (χ0v) is 17.5. The van der Waals surface area contributed by atoms with Crippen molar-refractivity contribution >= 4 is 22.3 Å². The highest BCUT2D eigenvalue weighted by atomic mass is 15.2. The summed E-state index contributed by atoms with van der Waals surface area (Å²) in [7, 11) is 1.96. The number of aliphatic imine (C=N–C) groups is 1. The number of hydrogen-bond acceptors (Lipinski definition) is 2. The van der Waals surface area contributed by atoms with Gasteiger partial charge < -0.3 is 0 Å². The molecule has 1 unspecified atom stereocenters. The van der Waals surface area contributed by atoms with Crippen molar-refractivity contribution in [1.82, 2.24) is 9.78 Å². The van der Waals surface area contributed by atoms with E-state index in [1.54, 1.807) is 0 Å². The fraction of sp³-hybridized carbons (Fsp3) is 0.417. The molecule has 0 fully saturated rings. The van der Waals surface area contributed by atoms with Crippen LogP contribution in [0.3, 0.4) is 0 Å². The second kappa shape index (κ2) is 8.08. The van der Waals surface area contributed by atoms with Gasteiger partial charge in [0.05, 0.1) is 11.2 Å². The summed E-state index contributed by atoms with van der Waals surface area (Å²) in [5.41, 5.74) is 7.03. The van der Waals surface area contributed by atoms with Gasteiger partial charge >= 0.3 is 0 Å². The zero-order valence-electron chi connectivity index (χ0n) is 17.5. The third kappa shape index (κ3) is 4.47. The van der Waals surface area contributed by atoms with Crippen LogP contribution in [0.2, 0.25) is 0 Å². The first-order valence-electron chi connectivity index (χ1n) is 9.97. The van der Waals surface area contributed by atoms with E-state index >= 15 is 0 Å². The Labute approximate surface area is 163 Å². The number of aromatic nitrogens is 2. The molecule has 0 radical (unpaired) electrons. The van der Waals surface area contributed by atoms with Crippen LogP contribution in [0.4, 0.5) is 5.69 Å². The molecule has 0 spiro atoms. The summed E-state index contributed by atoms with van der Waals surface area (Å²) in [5.74, 6) is 1.27. The van der Waals surface area contributed by atoms with Gasteiger partial charge in [-0.2, -0.15) is 5.10 Å². The Kier molecular flexibility index (Phi) is 5.79. The summed E-state index contributed by atoms with van der Waals surface area (Å²) in [5, 5.41) is 5.63. The summed E-state index contributed by atoms with van der Waals surface area (Å²) in [4.78, 5) is 4.97. The molecule has 3 aromatic rings. The molecule has 0 bridgehead atoms. The smallest absolute Gasteiger partial charge is 0.0923 e. The highest BCUT2D eigenvalue weighted by Crippen LogP contribution is 2.29. The first kappa shape index (κ1) is 19.3. The van der Waals surface area contributed by atoms with E-state index in [1.807, 2.05) is 11.7 Å². The SMILES string of the molecule is CCC(CC(C)C)C(C)=Nc1ccc(-c2ccc3nn(C)cc3c2)cc1C. The van der Waals surface area contributed by atoms with Gasteiger partial charge in [0, 0.05) is 24.3 Å². The maximum Gasteiger partial charge on any atom is 0.0923 e. The molecule has 1 aromatic heterocycles. The standard InChI is InChI=1S/C24H31N3/c1-7-19(12-16(2)3)18(5)25-23-10-8-20(13-17(23)4)21-9-11-24-22(14-21)15-27(6)26-24/h8-11,13-16,19H,7,12H2,1-6H3. The molecule has 0 amide bonds. The van der Waals surface area contributed by atoms with Crippen LogP contribution in [-0.2, 0) is 7.05 Å². The monoisotopic (exact) mass is 361 g/mol. The van der Waals surface area contributed by atoms with E-state index in [2.05, 4.69) is 82.3 Å². The lowest BCUT2D eigenvalue weighted by atomic mass is 9.91. The molecule has 3 rings (SSSR count). The summed E-state index contributed by atoms with van der Waals surface area (Å²) >= 11 is 0. The van der Waals surface area contributed by atoms with Crippen molar-refractivity contribution in [2.24, 2.45) is 23.9 Å². The van der Waals surface area contributed by atoms with Crippen LogP contribution in [0.5, 0.6) is 0 Å². The second-order valence-electron chi connectivity index (χ2n) is 8.07. The maximum absolute atomic E-state index is 4.97. The first-order chi connectivity index (χ1) is 12.9. The molecule has 0 aliphatic heterocycles. The summed E-state index contributed by atoms with van der Waals surface area (Å²) in [6, 6.07) is 13.0. The van der Waals surface area contributed by atoms with Crippen LogP contribution in [0.15, 0.2) is 47.6 Å². The van der Waals surface area contributed by atoms with Crippen molar-refractivity contribution in [1.29, 1.82) is 0 Å². The van der Waals surface area contributed by atoms with Gasteiger partial charge in [0.2, 0.25) is 0 Å². The largest absolute Gasteiger partial charge is 0.275 e. The second-order valence-corrected chi connectivity index (χ2v) is 8.07. The Hall–Kier alpha value is -2.42. The Morgan fingerprint density at radius 1 is 1.11 bits per heavy atom. The molecule has 1 atom stereocenters. The number of hydrogen-bond donors (Lipinski definition) is 0. The molecular formula is C24H31N3. The van der Waals surface area contributed by atoms with E-state index in [-0.39, 0.29) is 0 Å². The zero-order chi connectivity index (χ0) is 19.6. The van der Waals surface area contributed by atoms with Gasteiger partial charge in [-0.15, -0.1) is 0 Å². The molecule has 3 nitrogen and oxygen atoms in total. The first-order valence-corrected chi connectivity index (χ1v) is 9.97. The van der Waals surface area contributed by atoms with Crippen LogP contribution in [0, 0.1) is 18.8 Å². The molecule has 0 N–H and O–H groups in total. The molecule has 2 aromatic carbocycles. The fourth-order valence-electron chi connectivity index (χ4n) is 3.77. The molecule has 0 saturated heterocycles. The van der Waals surface area contributed by atoms with Gasteiger partial charge in [-0.05, 0) is 79.5 Å². The molecule has 0 aliphatic carbocycles. The van der Waals surface area contributed by atoms with Gasteiger partial charge in [-0.1, -0.05) is 32.9 Å². The average Bonchev–Trinajstić information content (AvgIpc) is 3.00. The summed E-state index contributed by atoms with van der Waals surface area (Å²) in [6.07, 6.45) is 4.41. The summed E-state index contributed by atoms with van der Waals surface area (Å²) in [6.45, 7) is 11.2. The quantitative estimate of drug-likeness (QED) is 0.449. The van der Waals surface area contributed by atoms with Crippen molar-refractivity contribution in [3.05, 3.63) is 48.2 Å². The molecule has 0 aliphatic rings. The van der Waals surface area contributed by atoms with Gasteiger partial charge in [-0.25, -0.2) is 0 Å². The number of benzene rings is 2. The van der Waals surface area contributed by atoms with E-state index in [1.165, 1.54) is 34.2 Å². The van der Waals surface area contributed by atoms with Crippen LogP contribution < -0.4 is 0 Å². The van der Waals surface area contributed by atoms with Crippen molar-refractivity contribution in [3.63, 3.8) is 0 Å². The van der Waals surface area contributed by atoms with Crippen LogP contribution >= 0.6 is 0 Å². The van der Waals surface area contributed by atoms with Crippen LogP contribution in [-0.4, -0.2) is 15.5 Å². The predicted molar refractivity (Wildman–Crippen MR) is 117 cm³/mol. The van der Waals surface area contributed by atoms with Gasteiger partial charge in [0.15, 0.2) is 0 Å². The average molecular weight is 362 g/mol. The Morgan fingerprint density at radius 2 is 1.81 bits per heavy atom. The predicted octanol–water partition coefficient (Wildman–Crippen LogP) is 6.71. The highest BCUT2D eigenvalue weighted by molar-refractivity contribution is 5.88. The molecular weight excluding hydrogens is 330 g/mol. The van der Waals surface area contributed by atoms with Crippen molar-refractivity contribution in [2.75, 3.05) is 0 Å². The normalized spacial score (nSPS) is 13.5. The highest BCUT2D eigenvalue weighted by Gasteiger charge is 2.13. The van der Waals surface area contributed by atoms with E-state index < -0.39 is 0 Å². The van der Waals surface area contributed by atoms with E-state index in [0.717, 1.165) is 17.6 Å². The minimum atomic E-state index is 0.567. The van der Waals surface area contributed by atoms with Gasteiger partial charge in [-0.3, -0.25) is 9.67 Å².